The molecule has 1 fully saturated rings. The van der Waals surface area contributed by atoms with E-state index >= 15 is 0 Å². The summed E-state index contributed by atoms with van der Waals surface area (Å²) >= 11 is 0. The van der Waals surface area contributed by atoms with Gasteiger partial charge < -0.3 is 5.32 Å². The predicted molar refractivity (Wildman–Crippen MR) is 65.9 cm³/mol. The van der Waals surface area contributed by atoms with Crippen molar-refractivity contribution in [1.29, 1.82) is 0 Å². The summed E-state index contributed by atoms with van der Waals surface area (Å²) in [4.78, 5) is 0. The van der Waals surface area contributed by atoms with Crippen LogP contribution in [0.3, 0.4) is 0 Å². The third kappa shape index (κ3) is 5.64. The van der Waals surface area contributed by atoms with Crippen molar-refractivity contribution in [3.05, 3.63) is 0 Å². The molecule has 0 saturated carbocycles. The highest BCUT2D eigenvalue weighted by molar-refractivity contribution is 7.87. The highest BCUT2D eigenvalue weighted by atomic mass is 32.2. The summed E-state index contributed by atoms with van der Waals surface area (Å²) in [7, 11) is -4.08. The minimum absolute atomic E-state index is 0.141. The average Bonchev–Trinajstić information content (AvgIpc) is 2.33. The Bertz CT molecular complexity index is 367. The van der Waals surface area contributed by atoms with E-state index in [9.17, 15) is 21.6 Å². The zero-order valence-corrected chi connectivity index (χ0v) is 11.6. The van der Waals surface area contributed by atoms with Gasteiger partial charge in [0, 0.05) is 12.6 Å². The summed E-state index contributed by atoms with van der Waals surface area (Å²) in [6, 6.07) is -0.600. The Balaban J connectivity index is 2.84. The van der Waals surface area contributed by atoms with Crippen molar-refractivity contribution >= 4 is 10.2 Å². The molecule has 114 valence electrons. The Morgan fingerprint density at radius 1 is 1.32 bits per heavy atom. The maximum atomic E-state index is 12.6. The number of alkyl halides is 3. The molecule has 0 atom stereocenters. The minimum Gasteiger partial charge on any atom is -0.317 e. The predicted octanol–water partition coefficient (Wildman–Crippen LogP) is 0.847. The highest BCUT2D eigenvalue weighted by Crippen LogP contribution is 2.23. The summed E-state index contributed by atoms with van der Waals surface area (Å²) in [5.74, 6) is 0. The van der Waals surface area contributed by atoms with Gasteiger partial charge in [0.2, 0.25) is 0 Å². The van der Waals surface area contributed by atoms with Crippen LogP contribution in [0.4, 0.5) is 13.2 Å². The zero-order chi connectivity index (χ0) is 14.5. The molecule has 1 aliphatic rings. The molecule has 19 heavy (non-hydrogen) atoms. The number of rotatable bonds is 6. The van der Waals surface area contributed by atoms with Gasteiger partial charge in [0.25, 0.3) is 10.2 Å². The van der Waals surface area contributed by atoms with Gasteiger partial charge in [-0.05, 0) is 32.4 Å². The van der Waals surface area contributed by atoms with E-state index in [0.29, 0.717) is 36.7 Å². The van der Waals surface area contributed by atoms with E-state index in [0.717, 1.165) is 0 Å². The Kier molecular flexibility index (Phi) is 6.03. The van der Waals surface area contributed by atoms with Crippen molar-refractivity contribution in [3.63, 3.8) is 0 Å². The topological polar surface area (TPSA) is 61.4 Å². The number of piperidine rings is 1. The van der Waals surface area contributed by atoms with Crippen LogP contribution in [-0.2, 0) is 10.2 Å². The largest absolute Gasteiger partial charge is 0.402 e. The number of hydrogen-bond acceptors (Lipinski definition) is 3. The first kappa shape index (κ1) is 16.7. The molecular formula is C10H20F3N3O2S. The second-order valence-electron chi connectivity index (χ2n) is 4.54. The molecule has 0 unspecified atom stereocenters. The van der Waals surface area contributed by atoms with Crippen molar-refractivity contribution in [2.45, 2.75) is 38.4 Å². The van der Waals surface area contributed by atoms with Crippen LogP contribution < -0.4 is 10.0 Å². The molecule has 0 aromatic heterocycles. The van der Waals surface area contributed by atoms with Crippen LogP contribution in [-0.4, -0.2) is 51.1 Å². The van der Waals surface area contributed by atoms with Gasteiger partial charge in [-0.2, -0.15) is 25.9 Å². The molecular weight excluding hydrogens is 283 g/mol. The van der Waals surface area contributed by atoms with Crippen molar-refractivity contribution in [2.24, 2.45) is 0 Å². The first-order valence-electron chi connectivity index (χ1n) is 6.30. The van der Waals surface area contributed by atoms with Crippen LogP contribution in [0.15, 0.2) is 0 Å². The lowest BCUT2D eigenvalue weighted by molar-refractivity contribution is -0.140. The van der Waals surface area contributed by atoms with E-state index in [1.807, 2.05) is 0 Å². The van der Waals surface area contributed by atoms with Crippen LogP contribution in [0.25, 0.3) is 0 Å². The van der Waals surface area contributed by atoms with Crippen LogP contribution in [0.1, 0.15) is 26.2 Å². The molecule has 2 N–H and O–H groups in total. The normalized spacial score (nSPS) is 19.0. The second-order valence-corrected chi connectivity index (χ2v) is 6.25. The fourth-order valence-corrected chi connectivity index (χ4v) is 3.54. The quantitative estimate of drug-likeness (QED) is 0.764. The van der Waals surface area contributed by atoms with Crippen molar-refractivity contribution in [2.75, 3.05) is 26.2 Å². The second kappa shape index (κ2) is 6.87. The van der Waals surface area contributed by atoms with Crippen molar-refractivity contribution in [3.8, 4) is 0 Å². The number of halogens is 3. The number of hydrogen-bond donors (Lipinski definition) is 2. The van der Waals surface area contributed by atoms with Crippen molar-refractivity contribution in [1.82, 2.24) is 14.3 Å². The zero-order valence-electron chi connectivity index (χ0n) is 10.8. The lowest BCUT2D eigenvalue weighted by Crippen LogP contribution is -2.53. The Morgan fingerprint density at radius 3 is 2.37 bits per heavy atom. The summed E-state index contributed by atoms with van der Waals surface area (Å²) in [6.07, 6.45) is -3.22. The molecule has 0 aromatic carbocycles. The van der Waals surface area contributed by atoms with Gasteiger partial charge in [-0.3, -0.25) is 0 Å². The first-order valence-corrected chi connectivity index (χ1v) is 7.74. The van der Waals surface area contributed by atoms with Gasteiger partial charge in [-0.25, -0.2) is 4.72 Å². The Hall–Kier alpha value is -0.380. The van der Waals surface area contributed by atoms with E-state index < -0.39 is 29.0 Å². The van der Waals surface area contributed by atoms with E-state index in [4.69, 9.17) is 0 Å². The molecule has 0 spiro atoms. The molecule has 0 aromatic rings. The molecule has 1 rings (SSSR count). The van der Waals surface area contributed by atoms with Gasteiger partial charge in [0.05, 0.1) is 0 Å². The molecule has 1 heterocycles. The molecule has 1 aliphatic heterocycles. The third-order valence-corrected chi connectivity index (χ3v) is 4.51. The van der Waals surface area contributed by atoms with Crippen LogP contribution in [0, 0.1) is 0 Å². The molecule has 0 amide bonds. The monoisotopic (exact) mass is 303 g/mol. The van der Waals surface area contributed by atoms with Crippen molar-refractivity contribution < 1.29 is 21.6 Å². The number of nitrogens with one attached hydrogen (secondary N) is 2. The summed E-state index contributed by atoms with van der Waals surface area (Å²) in [5.41, 5.74) is 0. The maximum Gasteiger partial charge on any atom is 0.402 e. The van der Waals surface area contributed by atoms with Gasteiger partial charge >= 0.3 is 6.18 Å². The van der Waals surface area contributed by atoms with Gasteiger partial charge in [0.1, 0.15) is 6.54 Å². The van der Waals surface area contributed by atoms with Gasteiger partial charge in [0.15, 0.2) is 0 Å². The van der Waals surface area contributed by atoms with E-state index in [1.54, 1.807) is 6.92 Å². The summed E-state index contributed by atoms with van der Waals surface area (Å²) < 4.78 is 64.4. The third-order valence-electron chi connectivity index (χ3n) is 2.89. The molecule has 5 nitrogen and oxygen atoms in total. The van der Waals surface area contributed by atoms with Crippen LogP contribution >= 0.6 is 0 Å². The molecule has 0 radical (unpaired) electrons. The summed E-state index contributed by atoms with van der Waals surface area (Å²) in [5, 5.41) is 3.00. The fraction of sp³-hybridized carbons (Fsp3) is 1.00. The minimum atomic E-state index is -4.54. The highest BCUT2D eigenvalue weighted by Gasteiger charge is 2.40. The SMILES string of the molecule is CCCNS(=O)(=O)N(CC(F)(F)F)C1CCNCC1. The molecule has 0 bridgehead atoms. The van der Waals surface area contributed by atoms with Gasteiger partial charge in [-0.1, -0.05) is 6.92 Å². The standard InChI is InChI=1S/C10H20F3N3O2S/c1-2-5-15-19(17,18)16(8-10(11,12)13)9-3-6-14-7-4-9/h9,14-15H,2-8H2,1H3. The average molecular weight is 303 g/mol. The molecule has 0 aliphatic carbocycles. The summed E-state index contributed by atoms with van der Waals surface area (Å²) in [6.45, 7) is 1.52. The Morgan fingerprint density at radius 2 is 1.89 bits per heavy atom. The lowest BCUT2D eigenvalue weighted by atomic mass is 10.1. The van der Waals surface area contributed by atoms with E-state index in [-0.39, 0.29) is 6.54 Å². The lowest BCUT2D eigenvalue weighted by Gasteiger charge is -2.34. The fourth-order valence-electron chi connectivity index (χ4n) is 2.00. The number of nitrogens with zero attached hydrogens (tertiary/aromatic N) is 1. The van der Waals surface area contributed by atoms with Gasteiger partial charge in [-0.15, -0.1) is 0 Å². The Labute approximate surface area is 111 Å². The van der Waals surface area contributed by atoms with E-state index in [2.05, 4.69) is 10.0 Å². The smallest absolute Gasteiger partial charge is 0.317 e. The first-order chi connectivity index (χ1) is 8.76. The molecule has 1 saturated heterocycles. The maximum absolute atomic E-state index is 12.6. The molecule has 9 heteroatoms. The van der Waals surface area contributed by atoms with E-state index in [1.165, 1.54) is 0 Å². The van der Waals surface area contributed by atoms with Crippen LogP contribution in [0.2, 0.25) is 0 Å². The van der Waals surface area contributed by atoms with Crippen LogP contribution in [0.5, 0.6) is 0 Å².